The van der Waals surface area contributed by atoms with Crippen molar-refractivity contribution in [2.24, 2.45) is 5.41 Å². The van der Waals surface area contributed by atoms with Crippen molar-refractivity contribution >= 4 is 22.5 Å². The summed E-state index contributed by atoms with van der Waals surface area (Å²) in [7, 11) is 0. The van der Waals surface area contributed by atoms with Crippen molar-refractivity contribution in [2.75, 3.05) is 0 Å². The van der Waals surface area contributed by atoms with E-state index in [0.29, 0.717) is 23.8 Å². The molecule has 0 bridgehead atoms. The quantitative estimate of drug-likeness (QED) is 0.810. The van der Waals surface area contributed by atoms with Gasteiger partial charge in [-0.3, -0.25) is 9.59 Å². The molecular formula is C16H16FNO2. The minimum Gasteiger partial charge on any atom is -0.361 e. The Morgan fingerprint density at radius 2 is 1.85 bits per heavy atom. The number of halogens is 1. The van der Waals surface area contributed by atoms with E-state index >= 15 is 0 Å². The first-order valence-corrected chi connectivity index (χ1v) is 6.69. The highest BCUT2D eigenvalue weighted by Crippen LogP contribution is 2.39. The fraction of sp³-hybridized carbons (Fsp3) is 0.375. The average Bonchev–Trinajstić information content (AvgIpc) is 2.70. The Morgan fingerprint density at radius 1 is 1.20 bits per heavy atom. The summed E-state index contributed by atoms with van der Waals surface area (Å²) in [6, 6.07) is 4.35. The lowest BCUT2D eigenvalue weighted by atomic mass is 9.69. The molecule has 0 amide bonds. The zero-order valence-corrected chi connectivity index (χ0v) is 11.5. The van der Waals surface area contributed by atoms with E-state index in [1.807, 2.05) is 13.8 Å². The van der Waals surface area contributed by atoms with Crippen LogP contribution in [0.1, 0.15) is 38.2 Å². The Balaban J connectivity index is 2.09. The summed E-state index contributed by atoms with van der Waals surface area (Å²) in [5.74, 6) is -1.26. The predicted molar refractivity (Wildman–Crippen MR) is 74.0 cm³/mol. The van der Waals surface area contributed by atoms with Gasteiger partial charge in [-0.2, -0.15) is 0 Å². The summed E-state index contributed by atoms with van der Waals surface area (Å²) in [6.45, 7) is 3.85. The van der Waals surface area contributed by atoms with E-state index in [4.69, 9.17) is 0 Å². The van der Waals surface area contributed by atoms with Crippen LogP contribution in [0.15, 0.2) is 24.4 Å². The van der Waals surface area contributed by atoms with Crippen molar-refractivity contribution in [1.82, 2.24) is 4.98 Å². The number of hydrogen-bond acceptors (Lipinski definition) is 2. The number of Topliss-reactive ketones (excluding diaryl/α,β-unsaturated/α-hetero) is 2. The van der Waals surface area contributed by atoms with Crippen LogP contribution in [-0.4, -0.2) is 16.6 Å². The number of hydrogen-bond donors (Lipinski definition) is 1. The van der Waals surface area contributed by atoms with E-state index in [9.17, 15) is 14.0 Å². The third-order valence-electron chi connectivity index (χ3n) is 3.94. The summed E-state index contributed by atoms with van der Waals surface area (Å²) < 4.78 is 13.4. The monoisotopic (exact) mass is 273 g/mol. The molecule has 1 fully saturated rings. The predicted octanol–water partition coefficient (Wildman–Crippen LogP) is 3.35. The molecule has 1 N–H and O–H groups in total. The van der Waals surface area contributed by atoms with E-state index in [-0.39, 0.29) is 22.8 Å². The van der Waals surface area contributed by atoms with E-state index < -0.39 is 5.92 Å². The summed E-state index contributed by atoms with van der Waals surface area (Å²) >= 11 is 0. The minimum atomic E-state index is -0.751. The van der Waals surface area contributed by atoms with Gasteiger partial charge >= 0.3 is 0 Å². The number of benzene rings is 1. The fourth-order valence-corrected chi connectivity index (χ4v) is 3.09. The molecule has 1 aromatic heterocycles. The Hall–Kier alpha value is -1.97. The van der Waals surface area contributed by atoms with Crippen molar-refractivity contribution < 1.29 is 14.0 Å². The number of carbonyl (C=O) groups is 2. The topological polar surface area (TPSA) is 49.9 Å². The lowest BCUT2D eigenvalue weighted by molar-refractivity contribution is -0.135. The zero-order valence-electron chi connectivity index (χ0n) is 11.5. The highest BCUT2D eigenvalue weighted by Gasteiger charge is 2.41. The molecule has 3 nitrogen and oxygen atoms in total. The molecular weight excluding hydrogens is 257 g/mol. The summed E-state index contributed by atoms with van der Waals surface area (Å²) in [6.07, 6.45) is 2.42. The van der Waals surface area contributed by atoms with Crippen molar-refractivity contribution in [3.63, 3.8) is 0 Å². The van der Waals surface area contributed by atoms with Crippen molar-refractivity contribution in [3.05, 3.63) is 35.8 Å². The van der Waals surface area contributed by atoms with Gasteiger partial charge in [0, 0.05) is 29.9 Å². The Kier molecular flexibility index (Phi) is 2.78. The molecule has 1 aliphatic rings. The molecule has 0 spiro atoms. The second-order valence-electron chi connectivity index (χ2n) is 6.32. The van der Waals surface area contributed by atoms with Crippen LogP contribution in [-0.2, 0) is 9.59 Å². The molecule has 1 aromatic carbocycles. The summed E-state index contributed by atoms with van der Waals surface area (Å²) in [5.41, 5.74) is 1.07. The maximum Gasteiger partial charge on any atom is 0.148 e. The van der Waals surface area contributed by atoms with Gasteiger partial charge < -0.3 is 4.98 Å². The standard InChI is InChI=1S/C16H16FNO2/c1-16(2)6-13(19)15(14(20)7-16)11-8-18-12-4-3-9(17)5-10(11)12/h3-5,8,15,18H,6-7H2,1-2H3. The van der Waals surface area contributed by atoms with E-state index in [1.54, 1.807) is 12.3 Å². The van der Waals surface area contributed by atoms with Gasteiger partial charge in [0.05, 0.1) is 0 Å². The van der Waals surface area contributed by atoms with Gasteiger partial charge in [0.15, 0.2) is 0 Å². The third-order valence-corrected chi connectivity index (χ3v) is 3.94. The average molecular weight is 273 g/mol. The lowest BCUT2D eigenvalue weighted by Crippen LogP contribution is -2.35. The highest BCUT2D eigenvalue weighted by atomic mass is 19.1. The summed E-state index contributed by atoms with van der Waals surface area (Å²) in [5, 5.41) is 0.622. The van der Waals surface area contributed by atoms with Crippen molar-refractivity contribution in [2.45, 2.75) is 32.6 Å². The van der Waals surface area contributed by atoms with Crippen LogP contribution < -0.4 is 0 Å². The van der Waals surface area contributed by atoms with Gasteiger partial charge in [0.1, 0.15) is 23.3 Å². The molecule has 104 valence electrons. The first-order chi connectivity index (χ1) is 9.37. The van der Waals surface area contributed by atoms with Crippen LogP contribution in [0, 0.1) is 11.2 Å². The highest BCUT2D eigenvalue weighted by molar-refractivity contribution is 6.12. The number of H-pyrrole nitrogens is 1. The number of nitrogens with one attached hydrogen (secondary N) is 1. The molecule has 0 atom stereocenters. The van der Waals surface area contributed by atoms with E-state index in [1.165, 1.54) is 12.1 Å². The number of fused-ring (bicyclic) bond motifs is 1. The van der Waals surface area contributed by atoms with Crippen LogP contribution in [0.5, 0.6) is 0 Å². The summed E-state index contributed by atoms with van der Waals surface area (Å²) in [4.78, 5) is 27.6. The minimum absolute atomic E-state index is 0.0728. The van der Waals surface area contributed by atoms with E-state index in [2.05, 4.69) is 4.98 Å². The number of ketones is 2. The number of rotatable bonds is 1. The Labute approximate surface area is 116 Å². The van der Waals surface area contributed by atoms with Crippen LogP contribution in [0.4, 0.5) is 4.39 Å². The first-order valence-electron chi connectivity index (χ1n) is 6.69. The normalized spacial score (nSPS) is 19.8. The largest absolute Gasteiger partial charge is 0.361 e. The molecule has 20 heavy (non-hydrogen) atoms. The molecule has 4 heteroatoms. The molecule has 3 rings (SSSR count). The van der Waals surface area contributed by atoms with Gasteiger partial charge in [0.2, 0.25) is 0 Å². The van der Waals surface area contributed by atoms with Crippen LogP contribution >= 0.6 is 0 Å². The second kappa shape index (κ2) is 4.27. The van der Waals surface area contributed by atoms with Gasteiger partial charge in [-0.1, -0.05) is 13.8 Å². The lowest BCUT2D eigenvalue weighted by Gasteiger charge is -2.31. The molecule has 0 aliphatic heterocycles. The Morgan fingerprint density at radius 3 is 2.50 bits per heavy atom. The SMILES string of the molecule is CC1(C)CC(=O)C(c2c[nH]c3ccc(F)cc23)C(=O)C1. The van der Waals surface area contributed by atoms with E-state index in [0.717, 1.165) is 5.52 Å². The van der Waals surface area contributed by atoms with Gasteiger partial charge in [-0.25, -0.2) is 4.39 Å². The smallest absolute Gasteiger partial charge is 0.148 e. The zero-order chi connectivity index (χ0) is 14.5. The Bertz CT molecular complexity index is 694. The number of aromatic amines is 1. The van der Waals surface area contributed by atoms with Crippen LogP contribution in [0.25, 0.3) is 10.9 Å². The molecule has 2 aromatic rings. The van der Waals surface area contributed by atoms with Crippen LogP contribution in [0.2, 0.25) is 0 Å². The van der Waals surface area contributed by atoms with Crippen LogP contribution in [0.3, 0.4) is 0 Å². The second-order valence-corrected chi connectivity index (χ2v) is 6.32. The van der Waals surface area contributed by atoms with Gasteiger partial charge in [-0.15, -0.1) is 0 Å². The number of aromatic nitrogens is 1. The first kappa shape index (κ1) is 13.0. The molecule has 1 heterocycles. The molecule has 1 aliphatic carbocycles. The van der Waals surface area contributed by atoms with Gasteiger partial charge in [-0.05, 0) is 29.2 Å². The number of carbonyl (C=O) groups excluding carboxylic acids is 2. The maximum absolute atomic E-state index is 13.4. The maximum atomic E-state index is 13.4. The molecule has 1 saturated carbocycles. The molecule has 0 saturated heterocycles. The third kappa shape index (κ3) is 2.05. The van der Waals surface area contributed by atoms with Gasteiger partial charge in [0.25, 0.3) is 0 Å². The fourth-order valence-electron chi connectivity index (χ4n) is 3.09. The van der Waals surface area contributed by atoms with Crippen molar-refractivity contribution in [1.29, 1.82) is 0 Å². The molecule has 0 radical (unpaired) electrons. The van der Waals surface area contributed by atoms with Crippen molar-refractivity contribution in [3.8, 4) is 0 Å². The molecule has 0 unspecified atom stereocenters.